The molecule has 0 atom stereocenters. The van der Waals surface area contributed by atoms with Gasteiger partial charge in [-0.2, -0.15) is 0 Å². The van der Waals surface area contributed by atoms with Gasteiger partial charge in [0.05, 0.1) is 6.07 Å². The van der Waals surface area contributed by atoms with E-state index in [9.17, 15) is 17.6 Å². The first-order valence-corrected chi connectivity index (χ1v) is 2.48. The second-order valence-corrected chi connectivity index (χ2v) is 1.73. The number of halogens is 4. The van der Waals surface area contributed by atoms with Gasteiger partial charge in [-0.3, -0.25) is 0 Å². The van der Waals surface area contributed by atoms with Crippen LogP contribution in [0.1, 0.15) is 0 Å². The Labute approximate surface area is 59.4 Å². The predicted molar refractivity (Wildman–Crippen MR) is 26.9 cm³/mol. The third-order valence-electron chi connectivity index (χ3n) is 1.02. The molecule has 0 aromatic heterocycles. The van der Waals surface area contributed by atoms with Crippen LogP contribution in [0, 0.1) is 29.3 Å². The molecule has 0 heterocycles. The van der Waals surface area contributed by atoms with Crippen LogP contribution in [0.5, 0.6) is 0 Å². The summed E-state index contributed by atoms with van der Waals surface area (Å²) in [4.78, 5) is 0. The van der Waals surface area contributed by atoms with Crippen LogP contribution in [0.15, 0.2) is 0 Å². The fourth-order valence-electron chi connectivity index (χ4n) is 0.510. The molecule has 0 aliphatic rings. The van der Waals surface area contributed by atoms with Crippen LogP contribution in [0.3, 0.4) is 0 Å². The molecule has 0 amide bonds. The van der Waals surface area contributed by atoms with Gasteiger partial charge in [0.1, 0.15) is 0 Å². The van der Waals surface area contributed by atoms with Crippen LogP contribution in [0.2, 0.25) is 0 Å². The van der Waals surface area contributed by atoms with Crippen molar-refractivity contribution in [1.29, 1.82) is 0 Å². The van der Waals surface area contributed by atoms with E-state index in [0.717, 1.165) is 6.07 Å². The zero-order valence-corrected chi connectivity index (χ0v) is 4.96. The van der Waals surface area contributed by atoms with Gasteiger partial charge in [-0.1, -0.05) is 0 Å². The molecular formula is C6F4N. The first-order valence-electron chi connectivity index (χ1n) is 2.48. The van der Waals surface area contributed by atoms with Crippen molar-refractivity contribution in [2.45, 2.75) is 0 Å². The Balaban J connectivity index is 3.46. The maximum Gasteiger partial charge on any atom is 0.190 e. The molecule has 0 fully saturated rings. The molecule has 0 bridgehead atoms. The van der Waals surface area contributed by atoms with Crippen molar-refractivity contribution in [3.63, 3.8) is 0 Å². The Morgan fingerprint density at radius 1 is 0.909 bits per heavy atom. The average Bonchev–Trinajstić information content (AvgIpc) is 1.97. The van der Waals surface area contributed by atoms with Crippen LogP contribution in [0.4, 0.5) is 23.2 Å². The first-order chi connectivity index (χ1) is 5.04. The monoisotopic (exact) mass is 162 g/mol. The quantitative estimate of drug-likeness (QED) is 0.409. The normalized spacial score (nSPS) is 10.2. The van der Waals surface area contributed by atoms with E-state index >= 15 is 0 Å². The first kappa shape index (κ1) is 7.84. The SMILES string of the molecule is [N]c1c(F)c(F)[c]c(F)c1F. The van der Waals surface area contributed by atoms with Crippen molar-refractivity contribution in [1.82, 2.24) is 5.73 Å². The van der Waals surface area contributed by atoms with Gasteiger partial charge in [0.15, 0.2) is 29.0 Å². The predicted octanol–water partition coefficient (Wildman–Crippen LogP) is 1.74. The number of hydrogen-bond donors (Lipinski definition) is 0. The highest BCUT2D eigenvalue weighted by molar-refractivity contribution is 5.37. The molecule has 0 saturated carbocycles. The Morgan fingerprint density at radius 3 is 1.64 bits per heavy atom. The molecule has 57 valence electrons. The Bertz CT molecular complexity index is 271. The van der Waals surface area contributed by atoms with Gasteiger partial charge in [-0.15, -0.1) is 5.73 Å². The standard InChI is InChI=1S/C6F4N/c7-2-1-3(8)5(10)6(11)4(2)9. The summed E-state index contributed by atoms with van der Waals surface area (Å²) in [5, 5.41) is 0. The molecular weight excluding hydrogens is 162 g/mol. The fraction of sp³-hybridized carbons (Fsp3) is 0. The number of hydrogen-bond acceptors (Lipinski definition) is 0. The summed E-state index contributed by atoms with van der Waals surface area (Å²) in [6.45, 7) is 0. The third kappa shape index (κ3) is 1.13. The lowest BCUT2D eigenvalue weighted by atomic mass is 10.3. The summed E-state index contributed by atoms with van der Waals surface area (Å²) in [5.74, 6) is -7.18. The molecule has 0 spiro atoms. The Kier molecular flexibility index (Phi) is 1.72. The van der Waals surface area contributed by atoms with Crippen LogP contribution < -0.4 is 5.73 Å². The lowest BCUT2D eigenvalue weighted by molar-refractivity contribution is 0.454. The van der Waals surface area contributed by atoms with Crippen LogP contribution in [-0.4, -0.2) is 0 Å². The van der Waals surface area contributed by atoms with E-state index in [-0.39, 0.29) is 0 Å². The summed E-state index contributed by atoms with van der Waals surface area (Å²) < 4.78 is 48.3. The van der Waals surface area contributed by atoms with E-state index < -0.39 is 29.0 Å². The second-order valence-electron chi connectivity index (χ2n) is 1.73. The number of benzene rings is 1. The van der Waals surface area contributed by atoms with Gasteiger partial charge in [0, 0.05) is 0 Å². The van der Waals surface area contributed by atoms with Crippen LogP contribution in [-0.2, 0) is 0 Å². The third-order valence-corrected chi connectivity index (χ3v) is 1.02. The molecule has 0 aliphatic carbocycles. The van der Waals surface area contributed by atoms with E-state index in [1.165, 1.54) is 0 Å². The molecule has 0 unspecified atom stereocenters. The van der Waals surface area contributed by atoms with Gasteiger partial charge in [0.25, 0.3) is 0 Å². The lowest BCUT2D eigenvalue weighted by Crippen LogP contribution is -1.95. The minimum Gasteiger partial charge on any atom is -0.203 e. The molecule has 1 aromatic carbocycles. The summed E-state index contributed by atoms with van der Waals surface area (Å²) in [7, 11) is 0. The fourth-order valence-corrected chi connectivity index (χ4v) is 0.510. The smallest absolute Gasteiger partial charge is 0.190 e. The summed E-state index contributed by atoms with van der Waals surface area (Å²) in [5.41, 5.74) is 6.65. The maximum atomic E-state index is 12.1. The highest BCUT2D eigenvalue weighted by Gasteiger charge is 2.17. The van der Waals surface area contributed by atoms with Crippen molar-refractivity contribution in [2.75, 3.05) is 0 Å². The van der Waals surface area contributed by atoms with Crippen molar-refractivity contribution >= 4 is 5.69 Å². The van der Waals surface area contributed by atoms with Crippen molar-refractivity contribution in [3.05, 3.63) is 29.3 Å². The van der Waals surface area contributed by atoms with Gasteiger partial charge in [0.2, 0.25) is 0 Å². The molecule has 0 N–H and O–H groups in total. The average molecular weight is 162 g/mol. The highest BCUT2D eigenvalue weighted by atomic mass is 19.2. The number of rotatable bonds is 0. The zero-order chi connectivity index (χ0) is 8.59. The molecule has 11 heavy (non-hydrogen) atoms. The van der Waals surface area contributed by atoms with E-state index in [0.29, 0.717) is 0 Å². The largest absolute Gasteiger partial charge is 0.203 e. The topological polar surface area (TPSA) is 22.3 Å². The van der Waals surface area contributed by atoms with Gasteiger partial charge in [-0.25, -0.2) is 17.6 Å². The second kappa shape index (κ2) is 2.41. The zero-order valence-electron chi connectivity index (χ0n) is 4.96. The van der Waals surface area contributed by atoms with Crippen molar-refractivity contribution < 1.29 is 17.6 Å². The van der Waals surface area contributed by atoms with E-state index in [1.54, 1.807) is 0 Å². The molecule has 1 rings (SSSR count). The Hall–Kier alpha value is -1.26. The molecule has 5 heteroatoms. The molecule has 0 aliphatic heterocycles. The Morgan fingerprint density at radius 2 is 1.27 bits per heavy atom. The minimum absolute atomic E-state index is 1.10. The molecule has 0 saturated heterocycles. The lowest BCUT2D eigenvalue weighted by Gasteiger charge is -1.96. The van der Waals surface area contributed by atoms with Gasteiger partial charge >= 0.3 is 0 Å². The van der Waals surface area contributed by atoms with E-state index in [4.69, 9.17) is 5.73 Å². The van der Waals surface area contributed by atoms with Crippen LogP contribution in [0.25, 0.3) is 0 Å². The van der Waals surface area contributed by atoms with Crippen molar-refractivity contribution in [2.24, 2.45) is 0 Å². The molecule has 3 radical (unpaired) electrons. The van der Waals surface area contributed by atoms with E-state index in [1.807, 2.05) is 0 Å². The van der Waals surface area contributed by atoms with Gasteiger partial charge in [-0.05, 0) is 0 Å². The van der Waals surface area contributed by atoms with Crippen LogP contribution >= 0.6 is 0 Å². The summed E-state index contributed by atoms with van der Waals surface area (Å²) >= 11 is 0. The summed E-state index contributed by atoms with van der Waals surface area (Å²) in [6, 6.07) is 1.10. The van der Waals surface area contributed by atoms with Gasteiger partial charge < -0.3 is 0 Å². The maximum absolute atomic E-state index is 12.1. The summed E-state index contributed by atoms with van der Waals surface area (Å²) in [6.07, 6.45) is 0. The van der Waals surface area contributed by atoms with E-state index in [2.05, 4.69) is 0 Å². The molecule has 1 nitrogen and oxygen atoms in total. The highest BCUT2D eigenvalue weighted by Crippen LogP contribution is 2.21. The van der Waals surface area contributed by atoms with Crippen molar-refractivity contribution in [3.8, 4) is 0 Å². The number of nitrogens with zero attached hydrogens (tertiary/aromatic N) is 1. The minimum atomic E-state index is -1.84. The molecule has 1 aromatic rings.